The van der Waals surface area contributed by atoms with Gasteiger partial charge in [-0.1, -0.05) is 6.08 Å². The van der Waals surface area contributed by atoms with E-state index in [1.807, 2.05) is 32.2 Å². The van der Waals surface area contributed by atoms with E-state index in [2.05, 4.69) is 20.7 Å². The van der Waals surface area contributed by atoms with Gasteiger partial charge in [-0.15, -0.1) is 11.3 Å². The first-order valence-corrected chi connectivity index (χ1v) is 8.34. The lowest BCUT2D eigenvalue weighted by Gasteiger charge is -2.29. The van der Waals surface area contributed by atoms with Gasteiger partial charge in [0.15, 0.2) is 0 Å². The van der Waals surface area contributed by atoms with Gasteiger partial charge in [0, 0.05) is 6.08 Å². The number of rotatable bonds is 4. The minimum Gasteiger partial charge on any atom is -0.466 e. The normalized spacial score (nSPS) is 13.0. The van der Waals surface area contributed by atoms with Crippen LogP contribution in [0.5, 0.6) is 0 Å². The van der Waals surface area contributed by atoms with Gasteiger partial charge in [-0.25, -0.2) is 9.59 Å². The van der Waals surface area contributed by atoms with E-state index in [1.165, 1.54) is 29.4 Å². The van der Waals surface area contributed by atoms with Crippen molar-refractivity contribution in [2.45, 2.75) is 39.3 Å². The second-order valence-corrected chi connectivity index (χ2v) is 7.30. The predicted octanol–water partition coefficient (Wildman–Crippen LogP) is 4.37. The molecule has 0 spiro atoms. The molecule has 0 saturated heterocycles. The summed E-state index contributed by atoms with van der Waals surface area (Å²) in [5.74, 6) is -0.471. The highest BCUT2D eigenvalue weighted by Gasteiger charge is 2.28. The highest BCUT2D eigenvalue weighted by molar-refractivity contribution is 9.10. The molecule has 1 atom stereocenters. The topological polar surface area (TPSA) is 55.8 Å². The monoisotopic (exact) mass is 389 g/mol. The summed E-state index contributed by atoms with van der Waals surface area (Å²) in [7, 11) is 1.30. The molecule has 0 aromatic carbocycles. The van der Waals surface area contributed by atoms with Crippen molar-refractivity contribution in [3.05, 3.63) is 28.1 Å². The van der Waals surface area contributed by atoms with E-state index in [4.69, 9.17) is 4.74 Å². The lowest BCUT2D eigenvalue weighted by molar-refractivity contribution is -0.134. The van der Waals surface area contributed by atoms with Crippen LogP contribution in [0.3, 0.4) is 0 Å². The van der Waals surface area contributed by atoms with Crippen LogP contribution in [0, 0.1) is 0 Å². The van der Waals surface area contributed by atoms with E-state index in [0.717, 1.165) is 9.47 Å². The van der Waals surface area contributed by atoms with Gasteiger partial charge in [0.25, 0.3) is 0 Å². The van der Waals surface area contributed by atoms with Crippen molar-refractivity contribution in [3.63, 3.8) is 0 Å². The van der Waals surface area contributed by atoms with E-state index in [0.29, 0.717) is 0 Å². The SMILES string of the molecule is COC(=O)C=CC(C)N(C(=O)OC(C)(C)C)c1sccc1Br. The average molecular weight is 390 g/mol. The van der Waals surface area contributed by atoms with Crippen LogP contribution in [0.1, 0.15) is 27.7 Å². The third kappa shape index (κ3) is 5.46. The molecule has 0 saturated carbocycles. The van der Waals surface area contributed by atoms with Gasteiger partial charge < -0.3 is 9.47 Å². The van der Waals surface area contributed by atoms with Crippen LogP contribution in [-0.4, -0.2) is 30.8 Å². The summed E-state index contributed by atoms with van der Waals surface area (Å²) in [6.45, 7) is 7.22. The van der Waals surface area contributed by atoms with Gasteiger partial charge in [-0.2, -0.15) is 0 Å². The summed E-state index contributed by atoms with van der Waals surface area (Å²) >= 11 is 4.83. The van der Waals surface area contributed by atoms with Crippen molar-refractivity contribution in [2.75, 3.05) is 12.0 Å². The number of ether oxygens (including phenoxy) is 2. The Balaban J connectivity index is 3.07. The van der Waals surface area contributed by atoms with E-state index in [-0.39, 0.29) is 6.04 Å². The third-order valence-corrected chi connectivity index (χ3v) is 4.34. The molecule has 1 rings (SSSR count). The second kappa shape index (κ2) is 7.78. The lowest BCUT2D eigenvalue weighted by Crippen LogP contribution is -2.41. The van der Waals surface area contributed by atoms with Crippen LogP contribution in [0.25, 0.3) is 0 Å². The maximum Gasteiger partial charge on any atom is 0.416 e. The van der Waals surface area contributed by atoms with Gasteiger partial charge in [0.1, 0.15) is 10.6 Å². The standard InChI is InChI=1S/C15H20BrNO4S/c1-10(6-7-12(18)20-5)17(13-11(16)8-9-22-13)14(19)21-15(2,3)4/h6-10H,1-5H3. The van der Waals surface area contributed by atoms with E-state index >= 15 is 0 Å². The summed E-state index contributed by atoms with van der Waals surface area (Å²) in [6, 6.07) is 1.48. The highest BCUT2D eigenvalue weighted by Crippen LogP contribution is 2.34. The van der Waals surface area contributed by atoms with Crippen LogP contribution >= 0.6 is 27.3 Å². The van der Waals surface area contributed by atoms with Gasteiger partial charge in [-0.05, 0) is 55.1 Å². The van der Waals surface area contributed by atoms with Crippen molar-refractivity contribution in [1.29, 1.82) is 0 Å². The molecule has 7 heteroatoms. The summed E-state index contributed by atoms with van der Waals surface area (Å²) in [5.41, 5.74) is -0.606. The van der Waals surface area contributed by atoms with Gasteiger partial charge in [0.05, 0.1) is 17.6 Å². The zero-order valence-corrected chi connectivity index (χ0v) is 15.7. The van der Waals surface area contributed by atoms with Crippen molar-refractivity contribution < 1.29 is 19.1 Å². The van der Waals surface area contributed by atoms with Crippen molar-refractivity contribution in [2.24, 2.45) is 0 Å². The number of esters is 1. The average Bonchev–Trinajstić information content (AvgIpc) is 2.80. The minimum atomic E-state index is -0.606. The molecule has 22 heavy (non-hydrogen) atoms. The quantitative estimate of drug-likeness (QED) is 0.566. The Hall–Kier alpha value is -1.34. The van der Waals surface area contributed by atoms with Crippen LogP contribution in [-0.2, 0) is 14.3 Å². The van der Waals surface area contributed by atoms with Crippen LogP contribution in [0.4, 0.5) is 9.80 Å². The van der Waals surface area contributed by atoms with E-state index in [1.54, 1.807) is 13.0 Å². The van der Waals surface area contributed by atoms with Crippen LogP contribution in [0.2, 0.25) is 0 Å². The number of carbonyl (C=O) groups is 2. The molecule has 0 N–H and O–H groups in total. The van der Waals surface area contributed by atoms with Gasteiger partial charge in [-0.3, -0.25) is 4.90 Å². The summed E-state index contributed by atoms with van der Waals surface area (Å²) in [5, 5.41) is 2.59. The van der Waals surface area contributed by atoms with Crippen molar-refractivity contribution >= 4 is 44.3 Å². The van der Waals surface area contributed by atoms with Crippen LogP contribution < -0.4 is 4.90 Å². The van der Waals surface area contributed by atoms with Crippen molar-refractivity contribution in [3.8, 4) is 0 Å². The van der Waals surface area contributed by atoms with Crippen LogP contribution in [0.15, 0.2) is 28.1 Å². The zero-order chi connectivity index (χ0) is 16.9. The molecule has 0 radical (unpaired) electrons. The molecule has 0 aliphatic carbocycles. The number of anilines is 1. The second-order valence-electron chi connectivity index (χ2n) is 5.55. The Labute approximate surface area is 143 Å². The number of hydrogen-bond acceptors (Lipinski definition) is 5. The fraction of sp³-hybridized carbons (Fsp3) is 0.467. The molecule has 122 valence electrons. The predicted molar refractivity (Wildman–Crippen MR) is 91.4 cm³/mol. The molecule has 1 aromatic heterocycles. The number of halogens is 1. The number of amides is 1. The number of nitrogens with zero attached hydrogens (tertiary/aromatic N) is 1. The first kappa shape index (κ1) is 18.7. The summed E-state index contributed by atoms with van der Waals surface area (Å²) in [4.78, 5) is 25.2. The number of methoxy groups -OCH3 is 1. The Morgan fingerprint density at radius 1 is 1.41 bits per heavy atom. The largest absolute Gasteiger partial charge is 0.466 e. The molecule has 1 unspecified atom stereocenters. The van der Waals surface area contributed by atoms with Crippen molar-refractivity contribution in [1.82, 2.24) is 0 Å². The zero-order valence-electron chi connectivity index (χ0n) is 13.3. The first-order chi connectivity index (χ1) is 10.2. The molecule has 0 aliphatic rings. The molecule has 1 heterocycles. The van der Waals surface area contributed by atoms with Gasteiger partial charge in [0.2, 0.25) is 0 Å². The Kier molecular flexibility index (Phi) is 6.62. The fourth-order valence-electron chi connectivity index (χ4n) is 1.57. The first-order valence-electron chi connectivity index (χ1n) is 6.67. The molecule has 0 fully saturated rings. The fourth-order valence-corrected chi connectivity index (χ4v) is 3.22. The Morgan fingerprint density at radius 2 is 2.05 bits per heavy atom. The molecule has 0 bridgehead atoms. The molecular formula is C15H20BrNO4S. The maximum atomic E-state index is 12.5. The molecular weight excluding hydrogens is 370 g/mol. The summed E-state index contributed by atoms with van der Waals surface area (Å²) in [6.07, 6.45) is 2.42. The third-order valence-electron chi connectivity index (χ3n) is 2.53. The number of thiophene rings is 1. The summed E-state index contributed by atoms with van der Waals surface area (Å²) < 4.78 is 10.8. The molecule has 1 aromatic rings. The van der Waals surface area contributed by atoms with E-state index < -0.39 is 17.7 Å². The smallest absolute Gasteiger partial charge is 0.416 e. The van der Waals surface area contributed by atoms with E-state index in [9.17, 15) is 9.59 Å². The molecule has 1 amide bonds. The minimum absolute atomic E-state index is 0.371. The highest BCUT2D eigenvalue weighted by atomic mass is 79.9. The number of hydrogen-bond donors (Lipinski definition) is 0. The molecule has 5 nitrogen and oxygen atoms in total. The molecule has 0 aliphatic heterocycles. The number of carbonyl (C=O) groups excluding carboxylic acids is 2. The lowest BCUT2D eigenvalue weighted by atomic mass is 10.2. The van der Waals surface area contributed by atoms with Gasteiger partial charge >= 0.3 is 12.1 Å². The Morgan fingerprint density at radius 3 is 2.50 bits per heavy atom. The Bertz CT molecular complexity index is 562. The maximum absolute atomic E-state index is 12.5.